The van der Waals surface area contributed by atoms with E-state index < -0.39 is 4.92 Å². The number of nitrogens with zero attached hydrogens (tertiary/aromatic N) is 1. The monoisotopic (exact) mass is 299 g/mol. The number of nitrogen functional groups attached to an aromatic ring is 1. The number of nitro groups is 1. The van der Waals surface area contributed by atoms with Gasteiger partial charge in [0, 0.05) is 29.3 Å². The predicted molar refractivity (Wildman–Crippen MR) is 85.3 cm³/mol. The minimum atomic E-state index is -0.409. The van der Waals surface area contributed by atoms with Gasteiger partial charge in [-0.15, -0.1) is 0 Å². The summed E-state index contributed by atoms with van der Waals surface area (Å²) in [7, 11) is 0. The van der Waals surface area contributed by atoms with E-state index in [1.807, 2.05) is 31.2 Å². The molecule has 22 heavy (non-hydrogen) atoms. The number of ether oxygens (including phenoxy) is 1. The molecule has 3 rings (SSSR count). The molecule has 0 radical (unpaired) electrons. The van der Waals surface area contributed by atoms with E-state index in [0.717, 1.165) is 11.3 Å². The maximum atomic E-state index is 11.1. The predicted octanol–water partition coefficient (Wildman–Crippen LogP) is 3.15. The van der Waals surface area contributed by atoms with Gasteiger partial charge in [0.15, 0.2) is 0 Å². The van der Waals surface area contributed by atoms with Gasteiger partial charge in [-0.25, -0.2) is 0 Å². The van der Waals surface area contributed by atoms with Crippen LogP contribution in [0.5, 0.6) is 5.75 Å². The molecule has 3 N–H and O–H groups in total. The number of hydrogen-bond donors (Lipinski definition) is 2. The zero-order valence-electron chi connectivity index (χ0n) is 12.2. The molecule has 0 aliphatic carbocycles. The molecule has 1 aliphatic heterocycles. The molecule has 1 aliphatic rings. The van der Waals surface area contributed by atoms with Crippen LogP contribution >= 0.6 is 0 Å². The van der Waals surface area contributed by atoms with E-state index in [2.05, 4.69) is 5.32 Å². The molecule has 0 bridgehead atoms. The third-order valence-corrected chi connectivity index (χ3v) is 3.94. The van der Waals surface area contributed by atoms with Crippen molar-refractivity contribution in [1.29, 1.82) is 0 Å². The van der Waals surface area contributed by atoms with Crippen LogP contribution in [0.25, 0.3) is 0 Å². The van der Waals surface area contributed by atoms with Crippen molar-refractivity contribution < 1.29 is 9.66 Å². The standard InChI is InChI=1S/C16H17N3O3/c1-10(13-9-22-16-5-3-2-4-12(13)16)18-14-8-11(17)6-7-15(14)19(20)21/h2-8,10,13,18H,9,17H2,1H3/t10-,13-/m1/s1. The van der Waals surface area contributed by atoms with Crippen molar-refractivity contribution in [2.24, 2.45) is 0 Å². The summed E-state index contributed by atoms with van der Waals surface area (Å²) in [5.41, 5.74) is 7.81. The molecular weight excluding hydrogens is 282 g/mol. The van der Waals surface area contributed by atoms with Crippen molar-refractivity contribution in [3.8, 4) is 5.75 Å². The lowest BCUT2D eigenvalue weighted by Crippen LogP contribution is -2.25. The molecule has 2 aromatic carbocycles. The minimum Gasteiger partial charge on any atom is -0.493 e. The first-order chi connectivity index (χ1) is 10.6. The number of hydrogen-bond acceptors (Lipinski definition) is 5. The van der Waals surface area contributed by atoms with E-state index in [9.17, 15) is 10.1 Å². The first-order valence-corrected chi connectivity index (χ1v) is 7.08. The highest BCUT2D eigenvalue weighted by Gasteiger charge is 2.29. The third kappa shape index (κ3) is 2.55. The highest BCUT2D eigenvalue weighted by atomic mass is 16.6. The molecule has 1 heterocycles. The quantitative estimate of drug-likeness (QED) is 0.514. The molecule has 0 saturated heterocycles. The van der Waals surface area contributed by atoms with Crippen LogP contribution < -0.4 is 15.8 Å². The largest absolute Gasteiger partial charge is 0.493 e. The second-order valence-corrected chi connectivity index (χ2v) is 5.42. The van der Waals surface area contributed by atoms with E-state index >= 15 is 0 Å². The zero-order valence-corrected chi connectivity index (χ0v) is 12.2. The van der Waals surface area contributed by atoms with Crippen molar-refractivity contribution in [2.75, 3.05) is 17.7 Å². The summed E-state index contributed by atoms with van der Waals surface area (Å²) in [5.74, 6) is 1.01. The molecule has 0 unspecified atom stereocenters. The summed E-state index contributed by atoms with van der Waals surface area (Å²) in [5, 5.41) is 14.3. The lowest BCUT2D eigenvalue weighted by atomic mass is 9.94. The van der Waals surface area contributed by atoms with Gasteiger partial charge in [0.05, 0.1) is 11.5 Å². The fourth-order valence-electron chi connectivity index (χ4n) is 2.78. The van der Waals surface area contributed by atoms with Gasteiger partial charge in [-0.2, -0.15) is 0 Å². The number of nitro benzene ring substituents is 1. The number of anilines is 2. The molecule has 114 valence electrons. The normalized spacial score (nSPS) is 17.4. The van der Waals surface area contributed by atoms with Crippen LogP contribution in [0.1, 0.15) is 18.4 Å². The second kappa shape index (κ2) is 5.55. The molecule has 2 aromatic rings. The van der Waals surface area contributed by atoms with Crippen LogP contribution in [0.15, 0.2) is 42.5 Å². The highest BCUT2D eigenvalue weighted by Crippen LogP contribution is 2.37. The number of benzene rings is 2. The van der Waals surface area contributed by atoms with Crippen LogP contribution in [0.4, 0.5) is 17.1 Å². The number of nitrogens with one attached hydrogen (secondary N) is 1. The molecule has 0 amide bonds. The lowest BCUT2D eigenvalue weighted by Gasteiger charge is -2.21. The summed E-state index contributed by atoms with van der Waals surface area (Å²) >= 11 is 0. The molecular formula is C16H17N3O3. The van der Waals surface area contributed by atoms with Crippen LogP contribution in [0, 0.1) is 10.1 Å². The number of nitrogens with two attached hydrogens (primary N) is 1. The minimum absolute atomic E-state index is 0.0215. The van der Waals surface area contributed by atoms with Crippen molar-refractivity contribution >= 4 is 17.1 Å². The van der Waals surface area contributed by atoms with Gasteiger partial charge >= 0.3 is 0 Å². The maximum absolute atomic E-state index is 11.1. The average molecular weight is 299 g/mol. The van der Waals surface area contributed by atoms with Gasteiger partial charge in [0.1, 0.15) is 11.4 Å². The number of rotatable bonds is 4. The summed E-state index contributed by atoms with van der Waals surface area (Å²) in [6.45, 7) is 2.55. The number of fused-ring (bicyclic) bond motifs is 1. The highest BCUT2D eigenvalue weighted by molar-refractivity contribution is 5.68. The van der Waals surface area contributed by atoms with Crippen LogP contribution in [0.2, 0.25) is 0 Å². The Hall–Kier alpha value is -2.76. The third-order valence-electron chi connectivity index (χ3n) is 3.94. The maximum Gasteiger partial charge on any atom is 0.292 e. The topological polar surface area (TPSA) is 90.4 Å². The van der Waals surface area contributed by atoms with Crippen molar-refractivity contribution in [3.63, 3.8) is 0 Å². The van der Waals surface area contributed by atoms with Gasteiger partial charge in [-0.1, -0.05) is 18.2 Å². The van der Waals surface area contributed by atoms with E-state index in [0.29, 0.717) is 18.0 Å². The van der Waals surface area contributed by atoms with E-state index in [1.54, 1.807) is 6.07 Å². The van der Waals surface area contributed by atoms with Gasteiger partial charge in [-0.05, 0) is 25.1 Å². The Bertz CT molecular complexity index is 718. The molecule has 0 fully saturated rings. The molecule has 6 nitrogen and oxygen atoms in total. The Balaban J connectivity index is 1.85. The zero-order chi connectivity index (χ0) is 15.7. The van der Waals surface area contributed by atoms with Gasteiger partial charge in [0.25, 0.3) is 5.69 Å². The van der Waals surface area contributed by atoms with Crippen molar-refractivity contribution in [2.45, 2.75) is 18.9 Å². The lowest BCUT2D eigenvalue weighted by molar-refractivity contribution is -0.384. The first-order valence-electron chi connectivity index (χ1n) is 7.08. The Kier molecular flexibility index (Phi) is 3.58. The number of para-hydroxylation sites is 1. The van der Waals surface area contributed by atoms with Gasteiger partial charge in [0.2, 0.25) is 0 Å². The van der Waals surface area contributed by atoms with E-state index in [-0.39, 0.29) is 17.6 Å². The summed E-state index contributed by atoms with van der Waals surface area (Å²) in [6, 6.07) is 12.4. The summed E-state index contributed by atoms with van der Waals surface area (Å²) in [4.78, 5) is 10.7. The van der Waals surface area contributed by atoms with Crippen LogP contribution in [-0.2, 0) is 0 Å². The fourth-order valence-corrected chi connectivity index (χ4v) is 2.78. The van der Waals surface area contributed by atoms with Gasteiger partial charge < -0.3 is 15.8 Å². The van der Waals surface area contributed by atoms with E-state index in [1.165, 1.54) is 12.1 Å². The fraction of sp³-hybridized carbons (Fsp3) is 0.250. The Morgan fingerprint density at radius 3 is 2.91 bits per heavy atom. The van der Waals surface area contributed by atoms with Crippen molar-refractivity contribution in [3.05, 3.63) is 58.1 Å². The average Bonchev–Trinajstić information content (AvgIpc) is 2.91. The van der Waals surface area contributed by atoms with Crippen molar-refractivity contribution in [1.82, 2.24) is 0 Å². The summed E-state index contributed by atoms with van der Waals surface area (Å²) < 4.78 is 5.67. The summed E-state index contributed by atoms with van der Waals surface area (Å²) in [6.07, 6.45) is 0. The first kappa shape index (κ1) is 14.2. The van der Waals surface area contributed by atoms with E-state index in [4.69, 9.17) is 10.5 Å². The van der Waals surface area contributed by atoms with Gasteiger partial charge in [-0.3, -0.25) is 10.1 Å². The Morgan fingerprint density at radius 1 is 1.36 bits per heavy atom. The Morgan fingerprint density at radius 2 is 2.14 bits per heavy atom. The van der Waals surface area contributed by atoms with Crippen LogP contribution in [0.3, 0.4) is 0 Å². The SMILES string of the molecule is C[C@@H](Nc1cc(N)ccc1[N+](=O)[O-])[C@H]1COc2ccccc21. The molecule has 0 saturated carbocycles. The molecule has 0 spiro atoms. The second-order valence-electron chi connectivity index (χ2n) is 5.42. The molecule has 2 atom stereocenters. The molecule has 6 heteroatoms. The molecule has 0 aromatic heterocycles. The van der Waals surface area contributed by atoms with Crippen LogP contribution in [-0.4, -0.2) is 17.6 Å². The Labute approximate surface area is 128 Å². The smallest absolute Gasteiger partial charge is 0.292 e.